The molecule has 2 atom stereocenters. The van der Waals surface area contributed by atoms with Crippen LogP contribution in [0.1, 0.15) is 149 Å². The van der Waals surface area contributed by atoms with E-state index in [1.165, 1.54) is 77.0 Å². The van der Waals surface area contributed by atoms with Crippen LogP contribution in [0, 0.1) is 0 Å². The number of alkyl carbamates (subject to hydrolysis) is 1. The summed E-state index contributed by atoms with van der Waals surface area (Å²) in [6.07, 6.45) is 23.5. The van der Waals surface area contributed by atoms with Gasteiger partial charge in [0, 0.05) is 19.6 Å². The summed E-state index contributed by atoms with van der Waals surface area (Å²) in [5, 5.41) is 5.24. The predicted octanol–water partition coefficient (Wildman–Crippen LogP) is 7.62. The van der Waals surface area contributed by atoms with Gasteiger partial charge in [0.05, 0.1) is 12.1 Å². The summed E-state index contributed by atoms with van der Waals surface area (Å²) in [6, 6.07) is -0.569. The van der Waals surface area contributed by atoms with E-state index in [1.807, 2.05) is 6.92 Å². The Labute approximate surface area is 245 Å². The zero-order valence-corrected chi connectivity index (χ0v) is 26.2. The van der Waals surface area contributed by atoms with E-state index < -0.39 is 12.1 Å². The Balaban J connectivity index is 3.68. The van der Waals surface area contributed by atoms with Gasteiger partial charge in [0.2, 0.25) is 6.41 Å². The minimum Gasteiger partial charge on any atom is -0.463 e. The maximum absolute atomic E-state index is 12.1. The molecule has 0 aliphatic heterocycles. The summed E-state index contributed by atoms with van der Waals surface area (Å²) in [5.74, 6) is -0.285. The number of rotatable bonds is 30. The first-order chi connectivity index (χ1) is 19.5. The van der Waals surface area contributed by atoms with Gasteiger partial charge in [0.25, 0.3) is 0 Å². The van der Waals surface area contributed by atoms with E-state index in [0.717, 1.165) is 51.6 Å². The minimum atomic E-state index is -0.569. The van der Waals surface area contributed by atoms with Crippen molar-refractivity contribution in [3.63, 3.8) is 0 Å². The number of amides is 2. The smallest absolute Gasteiger partial charge is 0.407 e. The highest BCUT2D eigenvalue weighted by molar-refractivity contribution is 5.69. The molecule has 0 aromatic heterocycles. The summed E-state index contributed by atoms with van der Waals surface area (Å²) in [7, 11) is 0. The molecule has 0 radical (unpaired) electrons. The molecule has 0 fully saturated rings. The Morgan fingerprint density at radius 3 is 1.77 bits per heavy atom. The molecule has 2 unspecified atom stereocenters. The highest BCUT2D eigenvalue weighted by atomic mass is 16.6. The molecule has 0 bridgehead atoms. The Hall–Kier alpha value is -1.83. The van der Waals surface area contributed by atoms with Crippen molar-refractivity contribution in [2.45, 2.75) is 161 Å². The van der Waals surface area contributed by atoms with Crippen LogP contribution < -0.4 is 10.6 Å². The van der Waals surface area contributed by atoms with Gasteiger partial charge in [-0.2, -0.15) is 0 Å². The molecule has 0 saturated heterocycles. The lowest BCUT2D eigenvalue weighted by Gasteiger charge is -2.17. The molecule has 0 aromatic carbocycles. The fourth-order valence-electron chi connectivity index (χ4n) is 4.47. The van der Waals surface area contributed by atoms with E-state index in [4.69, 9.17) is 14.2 Å². The number of esters is 1. The van der Waals surface area contributed by atoms with Crippen molar-refractivity contribution in [1.29, 1.82) is 0 Å². The number of carbonyl (C=O) groups is 3. The van der Waals surface area contributed by atoms with Crippen molar-refractivity contribution >= 4 is 18.5 Å². The van der Waals surface area contributed by atoms with Crippen LogP contribution in [-0.4, -0.2) is 57.0 Å². The third-order valence-corrected chi connectivity index (χ3v) is 7.11. The molecule has 8 heteroatoms. The van der Waals surface area contributed by atoms with Crippen LogP contribution in [0.2, 0.25) is 0 Å². The molecular formula is C32H62N2O6. The maximum atomic E-state index is 12.1. The molecular weight excluding hydrogens is 508 g/mol. The zero-order valence-electron chi connectivity index (χ0n) is 26.2. The standard InChI is InChI=1S/C32H62N2O6/c1-4-6-8-9-10-11-12-13-14-15-16-17-18-19-20-23-31(36)39-26-30(34-28-35)27-40-32(37)33-24-21-22-29(3)38-25-7-5-2/h28-30H,4-27H2,1-3H3,(H,33,37)(H,34,35). The maximum Gasteiger partial charge on any atom is 0.407 e. The van der Waals surface area contributed by atoms with Crippen LogP contribution in [-0.2, 0) is 23.8 Å². The van der Waals surface area contributed by atoms with E-state index in [2.05, 4.69) is 24.5 Å². The van der Waals surface area contributed by atoms with E-state index in [1.54, 1.807) is 0 Å². The highest BCUT2D eigenvalue weighted by Crippen LogP contribution is 2.14. The second kappa shape index (κ2) is 30.1. The van der Waals surface area contributed by atoms with Crippen molar-refractivity contribution in [2.75, 3.05) is 26.4 Å². The topological polar surface area (TPSA) is 103 Å². The lowest BCUT2D eigenvalue weighted by molar-refractivity contribution is -0.145. The number of carbonyl (C=O) groups excluding carboxylic acids is 3. The number of ether oxygens (including phenoxy) is 3. The molecule has 2 amide bonds. The number of nitrogens with one attached hydrogen (secondary N) is 2. The Morgan fingerprint density at radius 1 is 0.700 bits per heavy atom. The van der Waals surface area contributed by atoms with Gasteiger partial charge < -0.3 is 24.8 Å². The van der Waals surface area contributed by atoms with E-state index in [9.17, 15) is 14.4 Å². The average Bonchev–Trinajstić information content (AvgIpc) is 2.94. The van der Waals surface area contributed by atoms with E-state index >= 15 is 0 Å². The molecule has 0 spiro atoms. The van der Waals surface area contributed by atoms with Crippen LogP contribution in [0.5, 0.6) is 0 Å². The van der Waals surface area contributed by atoms with Gasteiger partial charge in [-0.3, -0.25) is 9.59 Å². The summed E-state index contributed by atoms with van der Waals surface area (Å²) in [4.78, 5) is 34.9. The molecule has 0 aliphatic rings. The monoisotopic (exact) mass is 570 g/mol. The average molecular weight is 571 g/mol. The largest absolute Gasteiger partial charge is 0.463 e. The fourth-order valence-corrected chi connectivity index (χ4v) is 4.47. The molecule has 2 N–H and O–H groups in total. The molecule has 0 saturated carbocycles. The summed E-state index contributed by atoms with van der Waals surface area (Å²) in [5.41, 5.74) is 0. The molecule has 40 heavy (non-hydrogen) atoms. The lowest BCUT2D eigenvalue weighted by atomic mass is 10.0. The van der Waals surface area contributed by atoms with Gasteiger partial charge in [-0.25, -0.2) is 4.79 Å². The molecule has 0 aliphatic carbocycles. The predicted molar refractivity (Wildman–Crippen MR) is 162 cm³/mol. The van der Waals surface area contributed by atoms with Crippen LogP contribution >= 0.6 is 0 Å². The van der Waals surface area contributed by atoms with E-state index in [0.29, 0.717) is 19.4 Å². The quantitative estimate of drug-likeness (QED) is 0.0523. The van der Waals surface area contributed by atoms with Crippen molar-refractivity contribution < 1.29 is 28.6 Å². The van der Waals surface area contributed by atoms with Gasteiger partial charge in [-0.05, 0) is 32.6 Å². The summed E-state index contributed by atoms with van der Waals surface area (Å²) < 4.78 is 16.1. The second-order valence-corrected chi connectivity index (χ2v) is 11.1. The molecule has 0 heterocycles. The van der Waals surface area contributed by atoms with Crippen molar-refractivity contribution in [1.82, 2.24) is 10.6 Å². The number of hydrogen-bond acceptors (Lipinski definition) is 6. The van der Waals surface area contributed by atoms with Gasteiger partial charge in [0.1, 0.15) is 13.2 Å². The lowest BCUT2D eigenvalue weighted by Crippen LogP contribution is -2.39. The minimum absolute atomic E-state index is 0.0177. The van der Waals surface area contributed by atoms with Crippen LogP contribution in [0.25, 0.3) is 0 Å². The van der Waals surface area contributed by atoms with Crippen LogP contribution in [0.4, 0.5) is 4.79 Å². The van der Waals surface area contributed by atoms with Crippen molar-refractivity contribution in [3.05, 3.63) is 0 Å². The highest BCUT2D eigenvalue weighted by Gasteiger charge is 2.14. The first-order valence-corrected chi connectivity index (χ1v) is 16.4. The van der Waals surface area contributed by atoms with Gasteiger partial charge in [0.15, 0.2) is 0 Å². The van der Waals surface area contributed by atoms with Crippen molar-refractivity contribution in [2.24, 2.45) is 0 Å². The fraction of sp³-hybridized carbons (Fsp3) is 0.906. The van der Waals surface area contributed by atoms with Gasteiger partial charge in [-0.15, -0.1) is 0 Å². The van der Waals surface area contributed by atoms with E-state index in [-0.39, 0.29) is 25.3 Å². The molecule has 0 rings (SSSR count). The first kappa shape index (κ1) is 38.2. The first-order valence-electron chi connectivity index (χ1n) is 16.4. The molecule has 8 nitrogen and oxygen atoms in total. The number of hydrogen-bond donors (Lipinski definition) is 2. The van der Waals surface area contributed by atoms with Crippen LogP contribution in [0.15, 0.2) is 0 Å². The Bertz CT molecular complexity index is 590. The van der Waals surface area contributed by atoms with Crippen molar-refractivity contribution in [3.8, 4) is 0 Å². The van der Waals surface area contributed by atoms with Gasteiger partial charge >= 0.3 is 12.1 Å². The number of unbranched alkanes of at least 4 members (excludes halogenated alkanes) is 15. The second-order valence-electron chi connectivity index (χ2n) is 11.1. The third kappa shape index (κ3) is 27.7. The normalized spacial score (nSPS) is 12.5. The Kier molecular flexibility index (Phi) is 28.8. The Morgan fingerprint density at radius 2 is 1.23 bits per heavy atom. The summed E-state index contributed by atoms with van der Waals surface area (Å²) in [6.45, 7) is 7.60. The molecule has 236 valence electrons. The summed E-state index contributed by atoms with van der Waals surface area (Å²) >= 11 is 0. The molecule has 0 aromatic rings. The SMILES string of the molecule is CCCCCCCCCCCCCCCCCC(=O)OCC(COC(=O)NCCCC(C)OCCCC)NC=O. The van der Waals surface area contributed by atoms with Crippen LogP contribution in [0.3, 0.4) is 0 Å². The third-order valence-electron chi connectivity index (χ3n) is 7.11. The zero-order chi connectivity index (χ0) is 29.5. The van der Waals surface area contributed by atoms with Gasteiger partial charge in [-0.1, -0.05) is 110 Å².